The first-order valence-electron chi connectivity index (χ1n) is 24.2. The molecule has 0 aliphatic carbocycles. The molecule has 4 heterocycles. The molecular weight excluding hydrogens is 850 g/mol. The Morgan fingerprint density at radius 3 is 1.64 bits per heavy atom. The monoisotopic (exact) mass is 897 g/mol. The van der Waals surface area contributed by atoms with Crippen LogP contribution >= 0.6 is 0 Å². The molecule has 9 aromatic carbocycles. The van der Waals surface area contributed by atoms with E-state index in [2.05, 4.69) is 282 Å². The third kappa shape index (κ3) is 6.70. The molecule has 5 nitrogen and oxygen atoms in total. The SMILES string of the molecule is CC(C)(C)c1cc(N(B2c3c(-c4ccccc4)cccc3-c3ccccc3-c3cccc4c3[n+]2[c-]n4-c2ccccc2)c2ccccc2-c2ccccc2)nc(-n2c3ccccc3c3ccccc32)c1. The highest BCUT2D eigenvalue weighted by Gasteiger charge is 2.44. The fraction of sp³-hybridized carbons (Fsp3) is 0.0625. The molecule has 3 aromatic heterocycles. The van der Waals surface area contributed by atoms with E-state index >= 15 is 0 Å². The molecule has 0 spiro atoms. The first kappa shape index (κ1) is 41.5. The second-order valence-corrected chi connectivity index (χ2v) is 19.3. The molecule has 0 saturated carbocycles. The minimum absolute atomic E-state index is 0.251. The third-order valence-corrected chi connectivity index (χ3v) is 14.1. The Morgan fingerprint density at radius 1 is 0.471 bits per heavy atom. The number of anilines is 2. The number of imidazole rings is 1. The molecule has 70 heavy (non-hydrogen) atoms. The summed E-state index contributed by atoms with van der Waals surface area (Å²) in [6.07, 6.45) is 4.09. The van der Waals surface area contributed by atoms with Crippen LogP contribution in [0.2, 0.25) is 0 Å². The Morgan fingerprint density at radius 2 is 0.971 bits per heavy atom. The van der Waals surface area contributed by atoms with Gasteiger partial charge in [-0.1, -0.05) is 227 Å². The third-order valence-electron chi connectivity index (χ3n) is 14.1. The molecule has 0 saturated heterocycles. The summed E-state index contributed by atoms with van der Waals surface area (Å²) in [5, 5.41) is 2.39. The van der Waals surface area contributed by atoms with E-state index in [9.17, 15) is 0 Å². The van der Waals surface area contributed by atoms with Gasteiger partial charge in [0.2, 0.25) is 6.33 Å². The van der Waals surface area contributed by atoms with Crippen LogP contribution in [0.15, 0.2) is 237 Å². The van der Waals surface area contributed by atoms with Crippen molar-refractivity contribution in [1.29, 1.82) is 0 Å². The average molecular weight is 898 g/mol. The van der Waals surface area contributed by atoms with Gasteiger partial charge in [-0.3, -0.25) is 4.57 Å². The van der Waals surface area contributed by atoms with Gasteiger partial charge in [0.25, 0.3) is 0 Å². The van der Waals surface area contributed by atoms with Gasteiger partial charge in [0.15, 0.2) is 0 Å². The summed E-state index contributed by atoms with van der Waals surface area (Å²) in [7, 11) is 0. The summed E-state index contributed by atoms with van der Waals surface area (Å²) >= 11 is 0. The van der Waals surface area contributed by atoms with Crippen LogP contribution in [-0.4, -0.2) is 21.1 Å². The molecule has 0 atom stereocenters. The van der Waals surface area contributed by atoms with Crippen molar-refractivity contribution in [2.75, 3.05) is 4.81 Å². The van der Waals surface area contributed by atoms with Crippen LogP contribution in [0.5, 0.6) is 0 Å². The molecule has 0 amide bonds. The molecule has 0 radical (unpaired) electrons. The van der Waals surface area contributed by atoms with Crippen molar-refractivity contribution in [1.82, 2.24) is 14.1 Å². The molecule has 0 N–H and O–H groups in total. The van der Waals surface area contributed by atoms with Crippen LogP contribution in [0.25, 0.3) is 88.9 Å². The van der Waals surface area contributed by atoms with E-state index < -0.39 is 6.98 Å². The maximum Gasteiger partial charge on any atom is 0.526 e. The predicted molar refractivity (Wildman–Crippen MR) is 291 cm³/mol. The number of fused-ring (bicyclic) bond motifs is 7. The van der Waals surface area contributed by atoms with E-state index in [1.165, 1.54) is 27.5 Å². The lowest BCUT2D eigenvalue weighted by atomic mass is 9.58. The molecule has 332 valence electrons. The van der Waals surface area contributed by atoms with Gasteiger partial charge in [-0.2, -0.15) is 0 Å². The second-order valence-electron chi connectivity index (χ2n) is 19.3. The van der Waals surface area contributed by atoms with E-state index in [0.29, 0.717) is 0 Å². The van der Waals surface area contributed by atoms with Gasteiger partial charge in [0.1, 0.15) is 11.6 Å². The number of hydrogen-bond acceptors (Lipinski definition) is 2. The number of pyridine rings is 1. The zero-order chi connectivity index (χ0) is 46.9. The Bertz CT molecular complexity index is 3890. The van der Waals surface area contributed by atoms with Crippen molar-refractivity contribution < 1.29 is 4.48 Å². The standard InChI is InChI=1S/C64H48BN5/c1-64(2,3)46-41-60(69-56-37-18-16-32-52(56)53-33-17-19-38-57(53)69)66-61(42-46)70(58-39-20-15-29-48(58)44-23-7-4-8-24-44)65-62-49(45-25-9-5-10-26-45)34-21-35-54(62)50-30-13-14-31-51(50)55-36-22-40-59-63(55)68(65)43-67(59)47-27-11-6-12-28-47/h4-42H,1-3H3. The molecule has 0 unspecified atom stereocenters. The van der Waals surface area contributed by atoms with Crippen LogP contribution in [0, 0.1) is 6.33 Å². The molecule has 12 aromatic rings. The molecule has 1 aliphatic rings. The van der Waals surface area contributed by atoms with Crippen molar-refractivity contribution in [2.24, 2.45) is 0 Å². The van der Waals surface area contributed by atoms with Crippen molar-refractivity contribution in [3.63, 3.8) is 0 Å². The van der Waals surface area contributed by atoms with Crippen LogP contribution in [0.1, 0.15) is 26.3 Å². The van der Waals surface area contributed by atoms with Gasteiger partial charge < -0.3 is 13.9 Å². The van der Waals surface area contributed by atoms with Gasteiger partial charge >= 0.3 is 6.98 Å². The molecule has 6 heteroatoms. The maximum absolute atomic E-state index is 5.99. The topological polar surface area (TPSA) is 29.9 Å². The smallest absolute Gasteiger partial charge is 0.354 e. The number of nitrogens with zero attached hydrogens (tertiary/aromatic N) is 5. The Labute approximate surface area is 409 Å². The molecular formula is C64H48BN5. The van der Waals surface area contributed by atoms with Crippen molar-refractivity contribution in [3.05, 3.63) is 248 Å². The van der Waals surface area contributed by atoms with E-state index in [4.69, 9.17) is 4.98 Å². The largest absolute Gasteiger partial charge is 0.526 e. The normalized spacial score (nSPS) is 12.2. The summed E-state index contributed by atoms with van der Waals surface area (Å²) < 4.78 is 7.03. The Kier molecular flexibility index (Phi) is 9.77. The van der Waals surface area contributed by atoms with Crippen LogP contribution in [0.3, 0.4) is 0 Å². The molecule has 0 fully saturated rings. The highest BCUT2D eigenvalue weighted by Crippen LogP contribution is 2.43. The summed E-state index contributed by atoms with van der Waals surface area (Å²) in [4.78, 5) is 8.51. The lowest BCUT2D eigenvalue weighted by molar-refractivity contribution is -0.511. The van der Waals surface area contributed by atoms with Crippen molar-refractivity contribution in [2.45, 2.75) is 26.2 Å². The van der Waals surface area contributed by atoms with Crippen LogP contribution in [0.4, 0.5) is 11.5 Å². The molecule has 13 rings (SSSR count). The summed E-state index contributed by atoms with van der Waals surface area (Å²) in [6.45, 7) is 6.37. The van der Waals surface area contributed by atoms with E-state index in [0.717, 1.165) is 83.9 Å². The van der Waals surface area contributed by atoms with Gasteiger partial charge in [-0.05, 0) is 80.3 Å². The quantitative estimate of drug-likeness (QED) is 0.118. The number of benzene rings is 9. The maximum atomic E-state index is 5.99. The minimum Gasteiger partial charge on any atom is -0.354 e. The zero-order valence-corrected chi connectivity index (χ0v) is 39.3. The highest BCUT2D eigenvalue weighted by molar-refractivity contribution is 6.74. The zero-order valence-electron chi connectivity index (χ0n) is 39.3. The minimum atomic E-state index is -0.549. The number of aromatic nitrogens is 4. The summed E-state index contributed by atoms with van der Waals surface area (Å²) in [5.41, 5.74) is 17.6. The second kappa shape index (κ2) is 16.5. The molecule has 1 aliphatic heterocycles. The average Bonchev–Trinajstić information content (AvgIpc) is 3.97. The van der Waals surface area contributed by atoms with Crippen molar-refractivity contribution >= 4 is 56.8 Å². The van der Waals surface area contributed by atoms with Gasteiger partial charge in [-0.15, -0.1) is 0 Å². The fourth-order valence-corrected chi connectivity index (χ4v) is 10.9. The number of rotatable bonds is 7. The predicted octanol–water partition coefficient (Wildman–Crippen LogP) is 14.6. The van der Waals surface area contributed by atoms with E-state index in [1.807, 2.05) is 0 Å². The Hall–Kier alpha value is -8.74. The van der Waals surface area contributed by atoms with E-state index in [-0.39, 0.29) is 5.41 Å². The first-order valence-corrected chi connectivity index (χ1v) is 24.2. The lowest BCUT2D eigenvalue weighted by Crippen LogP contribution is -2.68. The lowest BCUT2D eigenvalue weighted by Gasteiger charge is -2.35. The number of hydrogen-bond donors (Lipinski definition) is 0. The summed E-state index contributed by atoms with van der Waals surface area (Å²) in [6, 6.07) is 85.8. The van der Waals surface area contributed by atoms with Crippen molar-refractivity contribution in [3.8, 4) is 56.0 Å². The van der Waals surface area contributed by atoms with E-state index in [1.54, 1.807) is 0 Å². The van der Waals surface area contributed by atoms with Gasteiger partial charge in [0, 0.05) is 27.5 Å². The highest BCUT2D eigenvalue weighted by atomic mass is 15.3. The summed E-state index contributed by atoms with van der Waals surface area (Å²) in [5.74, 6) is 1.68. The fourth-order valence-electron chi connectivity index (χ4n) is 10.9. The van der Waals surface area contributed by atoms with Crippen LogP contribution < -0.4 is 14.8 Å². The number of para-hydroxylation sites is 5. The Balaban J connectivity index is 1.23. The van der Waals surface area contributed by atoms with Gasteiger partial charge in [-0.25, -0.2) is 4.98 Å². The van der Waals surface area contributed by atoms with Gasteiger partial charge in [0.05, 0.1) is 27.8 Å². The van der Waals surface area contributed by atoms with Crippen LogP contribution in [-0.2, 0) is 5.41 Å². The first-order chi connectivity index (χ1) is 34.4. The molecule has 0 bridgehead atoms.